The van der Waals surface area contributed by atoms with E-state index in [0.29, 0.717) is 29.6 Å². The van der Waals surface area contributed by atoms with Gasteiger partial charge in [0.25, 0.3) is 0 Å². The fourth-order valence-electron chi connectivity index (χ4n) is 3.40. The van der Waals surface area contributed by atoms with Crippen LogP contribution in [0.5, 0.6) is 0 Å². The minimum absolute atomic E-state index is 0.123. The maximum absolute atomic E-state index is 15.2. The Kier molecular flexibility index (Phi) is 5.30. The molecule has 0 aliphatic heterocycles. The van der Waals surface area contributed by atoms with Gasteiger partial charge in [0.05, 0.1) is 44.4 Å². The summed E-state index contributed by atoms with van der Waals surface area (Å²) in [5.41, 5.74) is 1.73. The quantitative estimate of drug-likeness (QED) is 0.402. The highest BCUT2D eigenvalue weighted by atomic mass is 35.5. The van der Waals surface area contributed by atoms with E-state index in [4.69, 9.17) is 11.6 Å². The number of pyridine rings is 1. The Hall–Kier alpha value is -3.43. The van der Waals surface area contributed by atoms with Crippen molar-refractivity contribution in [1.29, 1.82) is 0 Å². The third kappa shape index (κ3) is 4.17. The van der Waals surface area contributed by atoms with E-state index in [1.807, 2.05) is 6.07 Å². The van der Waals surface area contributed by atoms with Gasteiger partial charge in [0, 0.05) is 23.5 Å². The molecule has 1 aliphatic rings. The van der Waals surface area contributed by atoms with E-state index >= 15 is 4.39 Å². The Balaban J connectivity index is 1.53. The number of aromatic nitrogens is 3. The lowest BCUT2D eigenvalue weighted by Crippen LogP contribution is -2.19. The number of anilines is 1. The van der Waals surface area contributed by atoms with Gasteiger partial charge in [0.1, 0.15) is 0 Å². The number of sulfonamides is 1. The molecule has 0 bridgehead atoms. The van der Waals surface area contributed by atoms with Crippen molar-refractivity contribution in [2.75, 3.05) is 4.72 Å². The fourth-order valence-corrected chi connectivity index (χ4v) is 5.02. The average molecular weight is 483 g/mol. The molecule has 0 atom stereocenters. The summed E-state index contributed by atoms with van der Waals surface area (Å²) in [5.74, 6) is -1.72. The number of carbonyl (C=O) groups excluding carboxylic acids is 1. The van der Waals surface area contributed by atoms with Crippen LogP contribution >= 0.6 is 11.6 Å². The Labute approximate surface area is 193 Å². The van der Waals surface area contributed by atoms with Gasteiger partial charge < -0.3 is 0 Å². The average Bonchev–Trinajstić information content (AvgIpc) is 3.67. The second-order valence-corrected chi connectivity index (χ2v) is 10.0. The third-order valence-corrected chi connectivity index (χ3v) is 7.46. The molecule has 5 rings (SSSR count). The Bertz CT molecular complexity index is 1510. The summed E-state index contributed by atoms with van der Waals surface area (Å²) in [6, 6.07) is 10.7. The summed E-state index contributed by atoms with van der Waals surface area (Å²) in [4.78, 5) is 26.2. The molecular formula is C23H16ClFN4O3S. The molecule has 0 unspecified atom stereocenters. The molecule has 0 amide bonds. The first-order chi connectivity index (χ1) is 15.8. The highest BCUT2D eigenvalue weighted by Gasteiger charge is 2.36. The normalized spacial score (nSPS) is 13.8. The van der Waals surface area contributed by atoms with Crippen LogP contribution in [0.25, 0.3) is 22.3 Å². The van der Waals surface area contributed by atoms with E-state index in [-0.39, 0.29) is 16.3 Å². The molecule has 1 saturated carbocycles. The zero-order chi connectivity index (χ0) is 23.2. The summed E-state index contributed by atoms with van der Waals surface area (Å²) >= 11 is 6.14. The van der Waals surface area contributed by atoms with Crippen LogP contribution in [-0.2, 0) is 10.0 Å². The third-order valence-electron chi connectivity index (χ3n) is 5.30. The molecule has 0 radical (unpaired) electrons. The van der Waals surface area contributed by atoms with Crippen molar-refractivity contribution in [3.8, 4) is 11.3 Å². The number of fused-ring (bicyclic) bond motifs is 1. The van der Waals surface area contributed by atoms with Crippen molar-refractivity contribution in [1.82, 2.24) is 15.0 Å². The highest BCUT2D eigenvalue weighted by Crippen LogP contribution is 2.33. The van der Waals surface area contributed by atoms with Crippen molar-refractivity contribution in [2.24, 2.45) is 0 Å². The van der Waals surface area contributed by atoms with Crippen LogP contribution in [0.1, 0.15) is 28.8 Å². The van der Waals surface area contributed by atoms with Crippen molar-refractivity contribution < 1.29 is 17.6 Å². The molecular weight excluding hydrogens is 467 g/mol. The van der Waals surface area contributed by atoms with Crippen LogP contribution in [0, 0.1) is 5.82 Å². The predicted molar refractivity (Wildman–Crippen MR) is 123 cm³/mol. The van der Waals surface area contributed by atoms with Crippen molar-refractivity contribution in [3.05, 3.63) is 83.0 Å². The standard InChI is InChI=1S/C23H16ClFN4O3S/c24-16-6-8-18(29-33(31,32)15-4-5-15)22(25)21(16)23(30)13-3-7-17-19(10-13)28-20(12-27-17)14-2-1-9-26-11-14/h1-3,6-12,15,29H,4-5H2. The summed E-state index contributed by atoms with van der Waals surface area (Å²) < 4.78 is 41.9. The Morgan fingerprint density at radius 1 is 1.09 bits per heavy atom. The number of nitrogens with zero attached hydrogens (tertiary/aromatic N) is 3. The molecule has 33 heavy (non-hydrogen) atoms. The fraction of sp³-hybridized carbons (Fsp3) is 0.130. The van der Waals surface area contributed by atoms with Gasteiger partial charge in [-0.3, -0.25) is 19.5 Å². The summed E-state index contributed by atoms with van der Waals surface area (Å²) in [6.45, 7) is 0. The summed E-state index contributed by atoms with van der Waals surface area (Å²) in [6.07, 6.45) is 5.94. The zero-order valence-corrected chi connectivity index (χ0v) is 18.6. The Morgan fingerprint density at radius 2 is 1.91 bits per heavy atom. The highest BCUT2D eigenvalue weighted by molar-refractivity contribution is 7.93. The minimum Gasteiger partial charge on any atom is -0.288 e. The number of hydrogen-bond donors (Lipinski definition) is 1. The number of ketones is 1. The molecule has 4 aromatic rings. The van der Waals surface area contributed by atoms with Crippen molar-refractivity contribution in [2.45, 2.75) is 18.1 Å². The molecule has 0 saturated heterocycles. The van der Waals surface area contributed by atoms with Crippen LogP contribution in [0.3, 0.4) is 0 Å². The van der Waals surface area contributed by atoms with Gasteiger partial charge in [-0.05, 0) is 55.3 Å². The number of benzene rings is 2. The van der Waals surface area contributed by atoms with E-state index in [9.17, 15) is 13.2 Å². The molecule has 2 heterocycles. The van der Waals surface area contributed by atoms with Gasteiger partial charge in [0.15, 0.2) is 11.6 Å². The largest absolute Gasteiger partial charge is 0.288 e. The van der Waals surface area contributed by atoms with E-state index in [2.05, 4.69) is 19.7 Å². The van der Waals surface area contributed by atoms with Crippen LogP contribution in [0.15, 0.2) is 61.1 Å². The molecule has 1 fully saturated rings. The van der Waals surface area contributed by atoms with Gasteiger partial charge in [0.2, 0.25) is 10.0 Å². The van der Waals surface area contributed by atoms with E-state index in [1.165, 1.54) is 24.3 Å². The lowest BCUT2D eigenvalue weighted by atomic mass is 10.0. The minimum atomic E-state index is -3.71. The predicted octanol–water partition coefficient (Wildman–Crippen LogP) is 4.62. The first-order valence-electron chi connectivity index (χ1n) is 10.0. The van der Waals surface area contributed by atoms with Crippen LogP contribution < -0.4 is 4.72 Å². The number of nitrogens with one attached hydrogen (secondary N) is 1. The number of carbonyl (C=O) groups is 1. The van der Waals surface area contributed by atoms with E-state index < -0.39 is 32.4 Å². The molecule has 7 nitrogen and oxygen atoms in total. The van der Waals surface area contributed by atoms with Gasteiger partial charge in [-0.15, -0.1) is 0 Å². The smallest absolute Gasteiger partial charge is 0.235 e. The number of rotatable bonds is 6. The van der Waals surface area contributed by atoms with Gasteiger partial charge in [-0.25, -0.2) is 17.8 Å². The van der Waals surface area contributed by atoms with Crippen LogP contribution in [-0.4, -0.2) is 34.4 Å². The SMILES string of the molecule is O=C(c1ccc2ncc(-c3cccnc3)nc2c1)c1c(Cl)ccc(NS(=O)(=O)C2CC2)c1F. The number of halogens is 2. The summed E-state index contributed by atoms with van der Waals surface area (Å²) in [5, 5.41) is -0.665. The van der Waals surface area contributed by atoms with E-state index in [0.717, 1.165) is 5.56 Å². The first kappa shape index (κ1) is 21.4. The maximum Gasteiger partial charge on any atom is 0.235 e. The first-order valence-corrected chi connectivity index (χ1v) is 12.0. The van der Waals surface area contributed by atoms with Gasteiger partial charge >= 0.3 is 0 Å². The second kappa shape index (κ2) is 8.17. The molecule has 1 N–H and O–H groups in total. The van der Waals surface area contributed by atoms with Gasteiger partial charge in [-0.1, -0.05) is 11.6 Å². The molecule has 10 heteroatoms. The van der Waals surface area contributed by atoms with E-state index in [1.54, 1.807) is 30.7 Å². The molecule has 2 aromatic heterocycles. The van der Waals surface area contributed by atoms with Crippen molar-refractivity contribution >= 4 is 44.1 Å². The van der Waals surface area contributed by atoms with Crippen molar-refractivity contribution in [3.63, 3.8) is 0 Å². The topological polar surface area (TPSA) is 102 Å². The zero-order valence-electron chi connectivity index (χ0n) is 17.0. The molecule has 2 aromatic carbocycles. The maximum atomic E-state index is 15.2. The lowest BCUT2D eigenvalue weighted by Gasteiger charge is -2.12. The molecule has 1 aliphatic carbocycles. The second-order valence-electron chi connectivity index (χ2n) is 7.66. The molecule has 0 spiro atoms. The van der Waals surface area contributed by atoms with Gasteiger partial charge in [-0.2, -0.15) is 0 Å². The summed E-state index contributed by atoms with van der Waals surface area (Å²) in [7, 11) is -3.71. The lowest BCUT2D eigenvalue weighted by molar-refractivity contribution is 0.103. The van der Waals surface area contributed by atoms with Crippen LogP contribution in [0.2, 0.25) is 5.02 Å². The number of hydrogen-bond acceptors (Lipinski definition) is 6. The molecule has 166 valence electrons. The van der Waals surface area contributed by atoms with Crippen LogP contribution in [0.4, 0.5) is 10.1 Å². The Morgan fingerprint density at radius 3 is 2.64 bits per heavy atom. The monoisotopic (exact) mass is 482 g/mol.